The topological polar surface area (TPSA) is 66.0 Å². The molecule has 0 bridgehead atoms. The number of carbonyl (C=O) groups is 1. The van der Waals surface area contributed by atoms with Gasteiger partial charge >= 0.3 is 0 Å². The molecule has 0 saturated carbocycles. The Morgan fingerprint density at radius 1 is 1.21 bits per heavy atom. The third kappa shape index (κ3) is 5.72. The van der Waals surface area contributed by atoms with Gasteiger partial charge in [0.05, 0.1) is 6.10 Å². The van der Waals surface area contributed by atoms with Crippen LogP contribution in [0.4, 0.5) is 5.69 Å². The molecular formula is C23H36N4O2. The summed E-state index contributed by atoms with van der Waals surface area (Å²) < 4.78 is 6.08. The number of benzene rings is 1. The fourth-order valence-corrected chi connectivity index (χ4v) is 4.36. The molecule has 6 nitrogen and oxygen atoms in total. The molecule has 2 saturated heterocycles. The molecule has 1 aromatic rings. The minimum atomic E-state index is 0.141. The quantitative estimate of drug-likeness (QED) is 0.588. The van der Waals surface area contributed by atoms with Crippen LogP contribution in [0.1, 0.15) is 52.0 Å². The smallest absolute Gasteiger partial charge is 0.227 e. The zero-order valence-corrected chi connectivity index (χ0v) is 18.3. The van der Waals surface area contributed by atoms with Crippen LogP contribution < -0.4 is 15.5 Å². The summed E-state index contributed by atoms with van der Waals surface area (Å²) in [5.41, 5.74) is 2.29. The van der Waals surface area contributed by atoms with E-state index in [0.29, 0.717) is 18.9 Å². The fourth-order valence-electron chi connectivity index (χ4n) is 4.36. The molecule has 3 rings (SSSR count). The Morgan fingerprint density at radius 2 is 1.97 bits per heavy atom. The van der Waals surface area contributed by atoms with Crippen molar-refractivity contribution >= 4 is 17.6 Å². The maximum Gasteiger partial charge on any atom is 0.227 e. The van der Waals surface area contributed by atoms with Gasteiger partial charge in [0, 0.05) is 51.3 Å². The first-order valence-corrected chi connectivity index (χ1v) is 10.8. The molecule has 0 aromatic heterocycles. The zero-order chi connectivity index (χ0) is 20.9. The van der Waals surface area contributed by atoms with Gasteiger partial charge in [-0.15, -0.1) is 0 Å². The number of aliphatic imine (C=N–C) groups is 1. The van der Waals surface area contributed by atoms with Crippen molar-refractivity contribution < 1.29 is 9.53 Å². The molecule has 0 spiro atoms. The molecule has 2 heterocycles. The molecule has 2 atom stereocenters. The standard InChI is InChI=1S/C23H36N4O2/c1-23(2,3)21-18(7-6-14-29-21)16-26-22(24-4)25-15-17-9-11-19(12-10-17)27-13-5-8-20(27)28/h9-12,18,21H,5-8,13-16H2,1-4H3,(H2,24,25,26). The molecule has 1 aromatic carbocycles. The lowest BCUT2D eigenvalue weighted by atomic mass is 9.78. The van der Waals surface area contributed by atoms with Crippen molar-refractivity contribution in [3.8, 4) is 0 Å². The highest BCUT2D eigenvalue weighted by atomic mass is 16.5. The molecule has 1 amide bonds. The van der Waals surface area contributed by atoms with Crippen molar-refractivity contribution in [3.05, 3.63) is 29.8 Å². The van der Waals surface area contributed by atoms with Gasteiger partial charge in [-0.1, -0.05) is 32.9 Å². The van der Waals surface area contributed by atoms with E-state index in [1.807, 2.05) is 17.0 Å². The second kappa shape index (κ2) is 9.61. The molecule has 29 heavy (non-hydrogen) atoms. The van der Waals surface area contributed by atoms with Crippen molar-refractivity contribution in [2.45, 2.75) is 59.1 Å². The average molecular weight is 401 g/mol. The highest BCUT2D eigenvalue weighted by Gasteiger charge is 2.35. The number of ether oxygens (including phenoxy) is 1. The van der Waals surface area contributed by atoms with Crippen LogP contribution in [0.15, 0.2) is 29.3 Å². The molecule has 2 N–H and O–H groups in total. The van der Waals surface area contributed by atoms with Gasteiger partial charge in [0.1, 0.15) is 0 Å². The summed E-state index contributed by atoms with van der Waals surface area (Å²) in [4.78, 5) is 18.1. The fraction of sp³-hybridized carbons (Fsp3) is 0.652. The molecule has 0 aliphatic carbocycles. The Hall–Kier alpha value is -2.08. The van der Waals surface area contributed by atoms with Crippen molar-refractivity contribution in [1.29, 1.82) is 0 Å². The van der Waals surface area contributed by atoms with Gasteiger partial charge in [0.15, 0.2) is 5.96 Å². The number of amides is 1. The van der Waals surface area contributed by atoms with Crippen LogP contribution in [0, 0.1) is 11.3 Å². The highest BCUT2D eigenvalue weighted by molar-refractivity contribution is 5.95. The van der Waals surface area contributed by atoms with Crippen LogP contribution in [-0.2, 0) is 16.1 Å². The molecule has 0 radical (unpaired) electrons. The molecule has 2 aliphatic heterocycles. The van der Waals surface area contributed by atoms with E-state index in [1.165, 1.54) is 6.42 Å². The number of nitrogens with zero attached hydrogens (tertiary/aromatic N) is 2. The van der Waals surface area contributed by atoms with Crippen molar-refractivity contribution in [2.24, 2.45) is 16.3 Å². The molecular weight excluding hydrogens is 364 g/mol. The first-order chi connectivity index (χ1) is 13.9. The van der Waals surface area contributed by atoms with E-state index >= 15 is 0 Å². The van der Waals surface area contributed by atoms with Gasteiger partial charge in [-0.3, -0.25) is 9.79 Å². The normalized spacial score (nSPS) is 23.4. The van der Waals surface area contributed by atoms with E-state index in [0.717, 1.165) is 49.7 Å². The Labute approximate surface area is 175 Å². The number of hydrogen-bond acceptors (Lipinski definition) is 3. The van der Waals surface area contributed by atoms with Gasteiger partial charge < -0.3 is 20.3 Å². The number of rotatable bonds is 5. The number of hydrogen-bond donors (Lipinski definition) is 2. The highest BCUT2D eigenvalue weighted by Crippen LogP contribution is 2.33. The first kappa shape index (κ1) is 21.6. The molecule has 2 unspecified atom stereocenters. The third-order valence-electron chi connectivity index (χ3n) is 5.84. The van der Waals surface area contributed by atoms with Crippen LogP contribution >= 0.6 is 0 Å². The second-order valence-corrected chi connectivity index (χ2v) is 9.18. The first-order valence-electron chi connectivity index (χ1n) is 10.8. The summed E-state index contributed by atoms with van der Waals surface area (Å²) in [6.45, 7) is 10.0. The largest absolute Gasteiger partial charge is 0.377 e. The SMILES string of the molecule is CN=C(NCc1ccc(N2CCCC2=O)cc1)NCC1CCCOC1C(C)(C)C. The minimum Gasteiger partial charge on any atom is -0.377 e. The van der Waals surface area contributed by atoms with Gasteiger partial charge in [-0.25, -0.2) is 0 Å². The number of anilines is 1. The number of carbonyl (C=O) groups excluding carboxylic acids is 1. The van der Waals surface area contributed by atoms with Crippen LogP contribution in [0.5, 0.6) is 0 Å². The number of guanidine groups is 1. The number of nitrogens with one attached hydrogen (secondary N) is 2. The summed E-state index contributed by atoms with van der Waals surface area (Å²) >= 11 is 0. The van der Waals surface area contributed by atoms with Crippen molar-refractivity contribution in [2.75, 3.05) is 31.6 Å². The Bertz CT molecular complexity index is 709. The predicted octanol–water partition coefficient (Wildman–Crippen LogP) is 3.32. The lowest BCUT2D eigenvalue weighted by Gasteiger charge is -2.40. The average Bonchev–Trinajstić information content (AvgIpc) is 3.14. The minimum absolute atomic E-state index is 0.141. The van der Waals surface area contributed by atoms with Crippen LogP contribution in [-0.4, -0.2) is 44.7 Å². The van der Waals surface area contributed by atoms with Crippen LogP contribution in [0.3, 0.4) is 0 Å². The lowest BCUT2D eigenvalue weighted by Crippen LogP contribution is -2.47. The summed E-state index contributed by atoms with van der Waals surface area (Å²) in [7, 11) is 1.80. The van der Waals surface area contributed by atoms with E-state index in [-0.39, 0.29) is 17.4 Å². The third-order valence-corrected chi connectivity index (χ3v) is 5.84. The lowest BCUT2D eigenvalue weighted by molar-refractivity contribution is -0.117. The summed E-state index contributed by atoms with van der Waals surface area (Å²) in [6.07, 6.45) is 4.18. The monoisotopic (exact) mass is 400 g/mol. The maximum atomic E-state index is 11.9. The predicted molar refractivity (Wildman–Crippen MR) is 118 cm³/mol. The van der Waals surface area contributed by atoms with Gasteiger partial charge in [0.25, 0.3) is 0 Å². The molecule has 160 valence electrons. The molecule has 2 fully saturated rings. The van der Waals surface area contributed by atoms with Crippen molar-refractivity contribution in [3.63, 3.8) is 0 Å². The Morgan fingerprint density at radius 3 is 2.59 bits per heavy atom. The van der Waals surface area contributed by atoms with Gasteiger partial charge in [-0.05, 0) is 42.4 Å². The Balaban J connectivity index is 1.49. The van der Waals surface area contributed by atoms with E-state index in [4.69, 9.17) is 4.74 Å². The van der Waals surface area contributed by atoms with Gasteiger partial charge in [0.2, 0.25) is 5.91 Å². The van der Waals surface area contributed by atoms with Crippen molar-refractivity contribution in [1.82, 2.24) is 10.6 Å². The summed E-state index contributed by atoms with van der Waals surface area (Å²) in [6, 6.07) is 8.21. The zero-order valence-electron chi connectivity index (χ0n) is 18.3. The Kier molecular flexibility index (Phi) is 7.17. The van der Waals surface area contributed by atoms with E-state index in [9.17, 15) is 4.79 Å². The van der Waals surface area contributed by atoms with Crippen LogP contribution in [0.25, 0.3) is 0 Å². The molecule has 6 heteroatoms. The van der Waals surface area contributed by atoms with E-state index in [2.05, 4.69) is 48.5 Å². The molecule has 2 aliphatic rings. The maximum absolute atomic E-state index is 11.9. The summed E-state index contributed by atoms with van der Waals surface area (Å²) in [5, 5.41) is 6.87. The summed E-state index contributed by atoms with van der Waals surface area (Å²) in [5.74, 6) is 1.52. The van der Waals surface area contributed by atoms with E-state index < -0.39 is 0 Å². The van der Waals surface area contributed by atoms with Crippen LogP contribution in [0.2, 0.25) is 0 Å². The van der Waals surface area contributed by atoms with Gasteiger partial charge in [-0.2, -0.15) is 0 Å². The van der Waals surface area contributed by atoms with E-state index in [1.54, 1.807) is 7.05 Å². The second-order valence-electron chi connectivity index (χ2n) is 9.18.